The zero-order valence-electron chi connectivity index (χ0n) is 16.5. The molecule has 0 N–H and O–H groups in total. The number of rotatable bonds is 4. The Balaban J connectivity index is 1.84. The van der Waals surface area contributed by atoms with E-state index in [2.05, 4.69) is 0 Å². The first-order valence-electron chi connectivity index (χ1n) is 9.25. The molecule has 4 atom stereocenters. The van der Waals surface area contributed by atoms with Crippen LogP contribution >= 0.6 is 0 Å². The van der Waals surface area contributed by atoms with E-state index in [-0.39, 0.29) is 29.0 Å². The normalized spacial score (nSPS) is 31.4. The third-order valence-electron chi connectivity index (χ3n) is 5.19. The molecule has 2 aliphatic heterocycles. The molecule has 7 heteroatoms. The van der Waals surface area contributed by atoms with Crippen LogP contribution in [0.4, 0.5) is 0 Å². The summed E-state index contributed by atoms with van der Waals surface area (Å²) in [5.74, 6) is -0.332. The van der Waals surface area contributed by atoms with Crippen molar-refractivity contribution in [1.82, 2.24) is 0 Å². The zero-order valence-corrected chi connectivity index (χ0v) is 17.3. The average Bonchev–Trinajstić information content (AvgIpc) is 2.69. The minimum absolute atomic E-state index is 0.104. The van der Waals surface area contributed by atoms with Crippen molar-refractivity contribution >= 4 is 16.1 Å². The van der Waals surface area contributed by atoms with E-state index < -0.39 is 27.7 Å². The van der Waals surface area contributed by atoms with Gasteiger partial charge in [-0.25, -0.2) is 0 Å². The van der Waals surface area contributed by atoms with E-state index >= 15 is 0 Å². The lowest BCUT2D eigenvalue weighted by atomic mass is 9.70. The third kappa shape index (κ3) is 4.52. The fourth-order valence-electron chi connectivity index (χ4n) is 3.86. The molecule has 27 heavy (non-hydrogen) atoms. The van der Waals surface area contributed by atoms with Gasteiger partial charge >= 0.3 is 5.97 Å². The van der Waals surface area contributed by atoms with E-state index in [0.717, 1.165) is 5.56 Å². The van der Waals surface area contributed by atoms with Crippen LogP contribution in [0.3, 0.4) is 0 Å². The smallest absolute Gasteiger partial charge is 0.306 e. The molecule has 3 fully saturated rings. The van der Waals surface area contributed by atoms with Gasteiger partial charge in [0.2, 0.25) is 0 Å². The Kier molecular flexibility index (Phi) is 5.16. The third-order valence-corrected chi connectivity index (χ3v) is 6.54. The van der Waals surface area contributed by atoms with Crippen LogP contribution in [-0.2, 0) is 28.6 Å². The van der Waals surface area contributed by atoms with Crippen molar-refractivity contribution in [3.8, 4) is 0 Å². The number of ether oxygens (including phenoxy) is 2. The molecule has 0 unspecified atom stereocenters. The molecule has 2 bridgehead atoms. The topological polar surface area (TPSA) is 78.9 Å². The van der Waals surface area contributed by atoms with Crippen LogP contribution in [0.1, 0.15) is 52.5 Å². The van der Waals surface area contributed by atoms with Gasteiger partial charge in [0.25, 0.3) is 10.1 Å². The lowest BCUT2D eigenvalue weighted by Crippen LogP contribution is -2.50. The lowest BCUT2D eigenvalue weighted by Gasteiger charge is -2.45. The number of hydrogen-bond acceptors (Lipinski definition) is 6. The fraction of sp³-hybridized carbons (Fsp3) is 0.650. The van der Waals surface area contributed by atoms with Gasteiger partial charge in [-0.15, -0.1) is 0 Å². The molecular weight excluding hydrogens is 368 g/mol. The minimum atomic E-state index is -3.94. The Labute approximate surface area is 161 Å². The number of benzene rings is 1. The molecule has 0 amide bonds. The van der Waals surface area contributed by atoms with Crippen LogP contribution in [0, 0.1) is 12.3 Å². The van der Waals surface area contributed by atoms with Gasteiger partial charge in [0, 0.05) is 11.8 Å². The van der Waals surface area contributed by atoms with Crippen molar-refractivity contribution in [3.05, 3.63) is 29.8 Å². The Morgan fingerprint density at radius 2 is 1.81 bits per heavy atom. The number of aryl methyl sites for hydroxylation is 1. The predicted molar refractivity (Wildman–Crippen MR) is 99.7 cm³/mol. The summed E-state index contributed by atoms with van der Waals surface area (Å²) in [7, 11) is -3.94. The summed E-state index contributed by atoms with van der Waals surface area (Å²) in [6.45, 7) is 9.73. The summed E-state index contributed by atoms with van der Waals surface area (Å²) < 4.78 is 42.7. The zero-order chi connectivity index (χ0) is 20.0. The van der Waals surface area contributed by atoms with Gasteiger partial charge in [-0.3, -0.25) is 8.98 Å². The van der Waals surface area contributed by atoms with Gasteiger partial charge in [0.15, 0.2) is 0 Å². The Bertz CT molecular complexity index is 808. The highest BCUT2D eigenvalue weighted by Gasteiger charge is 2.53. The van der Waals surface area contributed by atoms with Gasteiger partial charge in [-0.1, -0.05) is 24.6 Å². The first kappa shape index (κ1) is 20.3. The molecule has 150 valence electrons. The van der Waals surface area contributed by atoms with Crippen LogP contribution in [0.15, 0.2) is 29.2 Å². The Morgan fingerprint density at radius 3 is 2.41 bits per heavy atom. The summed E-state index contributed by atoms with van der Waals surface area (Å²) >= 11 is 0. The van der Waals surface area contributed by atoms with E-state index in [1.165, 1.54) is 12.1 Å². The summed E-state index contributed by atoms with van der Waals surface area (Å²) in [6.07, 6.45) is -0.554. The van der Waals surface area contributed by atoms with Crippen LogP contribution < -0.4 is 0 Å². The highest BCUT2D eigenvalue weighted by molar-refractivity contribution is 7.86. The average molecular weight is 397 g/mol. The minimum Gasteiger partial charge on any atom is -0.459 e. The molecule has 1 aliphatic carbocycles. The fourth-order valence-corrected chi connectivity index (χ4v) is 4.95. The van der Waals surface area contributed by atoms with Gasteiger partial charge in [0.05, 0.1) is 23.0 Å². The molecule has 2 saturated heterocycles. The molecule has 0 radical (unpaired) electrons. The van der Waals surface area contributed by atoms with Crippen molar-refractivity contribution < 1.29 is 26.9 Å². The summed E-state index contributed by atoms with van der Waals surface area (Å²) in [5, 5.41) is 0. The van der Waals surface area contributed by atoms with E-state index in [1.807, 2.05) is 34.6 Å². The summed E-state index contributed by atoms with van der Waals surface area (Å²) in [4.78, 5) is 12.3. The molecule has 1 saturated carbocycles. The summed E-state index contributed by atoms with van der Waals surface area (Å²) in [5.41, 5.74) is 0.0576. The highest BCUT2D eigenvalue weighted by Crippen LogP contribution is 2.47. The second-order valence-corrected chi connectivity index (χ2v) is 10.5. The van der Waals surface area contributed by atoms with E-state index in [9.17, 15) is 13.2 Å². The first-order valence-corrected chi connectivity index (χ1v) is 10.7. The van der Waals surface area contributed by atoms with E-state index in [0.29, 0.717) is 12.8 Å². The number of carbonyl (C=O) groups excluding carboxylic acids is 1. The maximum Gasteiger partial charge on any atom is 0.306 e. The second-order valence-electron chi connectivity index (χ2n) is 8.92. The molecule has 6 nitrogen and oxygen atoms in total. The molecule has 4 rings (SSSR count). The SMILES string of the molecule is Cc1ccc(S(=O)(=O)O[C@H]2C[C@@]3(C)CC(=O)O[C@H]2C[C@@H]3OC(C)(C)C)cc1. The van der Waals surface area contributed by atoms with Gasteiger partial charge in [0.1, 0.15) is 12.2 Å². The molecule has 2 heterocycles. The van der Waals surface area contributed by atoms with Crippen molar-refractivity contribution in [3.63, 3.8) is 0 Å². The standard InChI is InChI=1S/C20H28O6S/c1-13-6-8-14(9-7-13)27(22,23)26-16-11-20(5)12-18(21)24-15(16)10-17(20)25-19(2,3)4/h6-9,15-17H,10-12H2,1-5H3/t15-,16-,17-,20-/m0/s1. The molecule has 0 spiro atoms. The molecule has 0 aromatic heterocycles. The van der Waals surface area contributed by atoms with Gasteiger partial charge in [-0.2, -0.15) is 8.42 Å². The Morgan fingerprint density at radius 1 is 1.19 bits per heavy atom. The maximum absolute atomic E-state index is 12.7. The molecule has 3 aliphatic rings. The van der Waals surface area contributed by atoms with Crippen molar-refractivity contribution in [2.45, 2.75) is 82.7 Å². The molecular formula is C20H28O6S. The Hall–Kier alpha value is -1.44. The maximum atomic E-state index is 12.7. The quantitative estimate of drug-likeness (QED) is 0.573. The summed E-state index contributed by atoms with van der Waals surface area (Å²) in [6, 6.07) is 6.51. The van der Waals surface area contributed by atoms with E-state index in [1.54, 1.807) is 12.1 Å². The van der Waals surface area contributed by atoms with Gasteiger partial charge in [-0.05, 0) is 46.2 Å². The monoisotopic (exact) mass is 396 g/mol. The highest BCUT2D eigenvalue weighted by atomic mass is 32.2. The molecule has 1 aromatic rings. The number of esters is 1. The van der Waals surface area contributed by atoms with Crippen molar-refractivity contribution in [1.29, 1.82) is 0 Å². The predicted octanol–water partition coefficient (Wildman–Crippen LogP) is 3.37. The largest absolute Gasteiger partial charge is 0.459 e. The van der Waals surface area contributed by atoms with Crippen LogP contribution in [0.5, 0.6) is 0 Å². The van der Waals surface area contributed by atoms with Gasteiger partial charge < -0.3 is 9.47 Å². The van der Waals surface area contributed by atoms with Crippen LogP contribution in [0.25, 0.3) is 0 Å². The van der Waals surface area contributed by atoms with Crippen molar-refractivity contribution in [2.75, 3.05) is 0 Å². The molecule has 1 aromatic carbocycles. The lowest BCUT2D eigenvalue weighted by molar-refractivity contribution is -0.161. The van der Waals surface area contributed by atoms with Crippen LogP contribution in [-0.4, -0.2) is 38.3 Å². The number of hydrogen-bond donors (Lipinski definition) is 0. The van der Waals surface area contributed by atoms with Crippen LogP contribution in [0.2, 0.25) is 0 Å². The number of fused-ring (bicyclic) bond motifs is 4. The van der Waals surface area contributed by atoms with Crippen molar-refractivity contribution in [2.24, 2.45) is 5.41 Å². The number of carbonyl (C=O) groups is 1. The second kappa shape index (κ2) is 6.87. The first-order chi connectivity index (χ1) is 12.4. The van der Waals surface area contributed by atoms with E-state index in [4.69, 9.17) is 13.7 Å².